The van der Waals surface area contributed by atoms with Gasteiger partial charge in [-0.1, -0.05) is 39.5 Å². The Bertz CT molecular complexity index is 296. The molecule has 0 aromatic carbocycles. The highest BCUT2D eigenvalue weighted by Gasteiger charge is 2.36. The first-order valence-electron chi connectivity index (χ1n) is 7.38. The maximum absolute atomic E-state index is 12.2. The summed E-state index contributed by atoms with van der Waals surface area (Å²) in [6.07, 6.45) is 8.10. The van der Waals surface area contributed by atoms with Crippen LogP contribution in [-0.4, -0.2) is 12.5 Å². The smallest absolute Gasteiger partial charge is 0.240 e. The van der Waals surface area contributed by atoms with E-state index in [0.29, 0.717) is 12.8 Å². The summed E-state index contributed by atoms with van der Waals surface area (Å²) in [5.41, 5.74) is -0.789. The molecule has 0 heterocycles. The van der Waals surface area contributed by atoms with Gasteiger partial charge in [-0.15, -0.1) is 0 Å². The van der Waals surface area contributed by atoms with Crippen LogP contribution in [0.1, 0.15) is 65.2 Å². The van der Waals surface area contributed by atoms with E-state index in [1.165, 1.54) is 19.3 Å². The maximum Gasteiger partial charge on any atom is 0.240 e. The van der Waals surface area contributed by atoms with E-state index in [4.69, 9.17) is 0 Å². The average molecular weight is 250 g/mol. The van der Waals surface area contributed by atoms with Gasteiger partial charge in [-0.25, -0.2) is 0 Å². The van der Waals surface area contributed by atoms with Crippen molar-refractivity contribution in [3.63, 3.8) is 0 Å². The Morgan fingerprint density at radius 2 is 1.94 bits per heavy atom. The number of rotatable bonds is 9. The Hall–Kier alpha value is -1.04. The predicted molar refractivity (Wildman–Crippen MR) is 72.8 cm³/mol. The van der Waals surface area contributed by atoms with Crippen molar-refractivity contribution in [1.29, 1.82) is 5.26 Å². The van der Waals surface area contributed by atoms with Crippen molar-refractivity contribution in [2.45, 2.75) is 65.2 Å². The molecule has 102 valence electrons. The molecule has 0 aliphatic heterocycles. The molecule has 0 saturated heterocycles. The summed E-state index contributed by atoms with van der Waals surface area (Å²) in [5, 5.41) is 12.3. The lowest BCUT2D eigenvalue weighted by atomic mass is 9.80. The zero-order valence-corrected chi connectivity index (χ0v) is 11.8. The van der Waals surface area contributed by atoms with Gasteiger partial charge in [0.05, 0.1) is 6.07 Å². The van der Waals surface area contributed by atoms with E-state index >= 15 is 0 Å². The first-order valence-corrected chi connectivity index (χ1v) is 7.38. The fourth-order valence-electron chi connectivity index (χ4n) is 2.54. The van der Waals surface area contributed by atoms with E-state index in [2.05, 4.69) is 11.4 Å². The molecular formula is C15H26N2O. The largest absolute Gasteiger partial charge is 0.355 e. The van der Waals surface area contributed by atoms with Gasteiger partial charge in [0.15, 0.2) is 0 Å². The second kappa shape index (κ2) is 7.41. The zero-order chi connectivity index (χ0) is 13.4. The molecule has 3 heteroatoms. The number of nitrogens with one attached hydrogen (secondary N) is 1. The summed E-state index contributed by atoms with van der Waals surface area (Å²) in [6, 6.07) is 2.27. The van der Waals surface area contributed by atoms with E-state index in [9.17, 15) is 10.1 Å². The minimum Gasteiger partial charge on any atom is -0.355 e. The Labute approximate surface area is 111 Å². The Balaban J connectivity index is 2.39. The van der Waals surface area contributed by atoms with Crippen molar-refractivity contribution in [2.24, 2.45) is 11.3 Å². The van der Waals surface area contributed by atoms with Gasteiger partial charge in [-0.2, -0.15) is 5.26 Å². The molecule has 1 fully saturated rings. The molecule has 0 bridgehead atoms. The third kappa shape index (κ3) is 4.33. The molecule has 0 atom stereocenters. The second-order valence-corrected chi connectivity index (χ2v) is 5.54. The predicted octanol–water partition coefficient (Wildman–Crippen LogP) is 3.40. The molecule has 1 rings (SSSR count). The van der Waals surface area contributed by atoms with Gasteiger partial charge < -0.3 is 5.32 Å². The normalized spacial score (nSPS) is 15.2. The molecule has 1 amide bonds. The van der Waals surface area contributed by atoms with Gasteiger partial charge in [-0.05, 0) is 31.6 Å². The van der Waals surface area contributed by atoms with E-state index in [1.807, 2.05) is 13.8 Å². The van der Waals surface area contributed by atoms with Crippen LogP contribution >= 0.6 is 0 Å². The number of hydrogen-bond donors (Lipinski definition) is 1. The number of amides is 1. The van der Waals surface area contributed by atoms with E-state index in [0.717, 1.165) is 31.7 Å². The summed E-state index contributed by atoms with van der Waals surface area (Å²) >= 11 is 0. The first-order chi connectivity index (χ1) is 8.68. The van der Waals surface area contributed by atoms with Crippen molar-refractivity contribution >= 4 is 5.91 Å². The van der Waals surface area contributed by atoms with Crippen LogP contribution in [0.3, 0.4) is 0 Å². The Kier molecular flexibility index (Phi) is 6.18. The van der Waals surface area contributed by atoms with E-state index in [-0.39, 0.29) is 5.91 Å². The van der Waals surface area contributed by atoms with Crippen LogP contribution in [-0.2, 0) is 4.79 Å². The van der Waals surface area contributed by atoms with Crippen LogP contribution in [0.4, 0.5) is 0 Å². The SMILES string of the molecule is CCCC(C#N)(CCC)C(=O)NCCCC1CC1. The molecule has 1 aliphatic carbocycles. The maximum atomic E-state index is 12.2. The fraction of sp³-hybridized carbons (Fsp3) is 0.867. The number of nitrogens with zero attached hydrogens (tertiary/aromatic N) is 1. The van der Waals surface area contributed by atoms with Gasteiger partial charge >= 0.3 is 0 Å². The number of nitriles is 1. The molecule has 0 aromatic heterocycles. The average Bonchev–Trinajstić information content (AvgIpc) is 3.18. The van der Waals surface area contributed by atoms with Crippen LogP contribution in [0.2, 0.25) is 0 Å². The minimum atomic E-state index is -0.789. The fourth-order valence-corrected chi connectivity index (χ4v) is 2.54. The van der Waals surface area contributed by atoms with Gasteiger partial charge in [0.2, 0.25) is 5.91 Å². The van der Waals surface area contributed by atoms with Gasteiger partial charge in [0.25, 0.3) is 0 Å². The molecule has 1 aliphatic rings. The van der Waals surface area contributed by atoms with E-state index in [1.54, 1.807) is 0 Å². The molecule has 3 nitrogen and oxygen atoms in total. The third-order valence-corrected chi connectivity index (χ3v) is 3.77. The van der Waals surface area contributed by atoms with Crippen molar-refractivity contribution < 1.29 is 4.79 Å². The number of carbonyl (C=O) groups excluding carboxylic acids is 1. The summed E-state index contributed by atoms with van der Waals surface area (Å²) in [5.74, 6) is 0.860. The van der Waals surface area contributed by atoms with Crippen molar-refractivity contribution in [3.05, 3.63) is 0 Å². The Morgan fingerprint density at radius 1 is 1.33 bits per heavy atom. The third-order valence-electron chi connectivity index (χ3n) is 3.77. The van der Waals surface area contributed by atoms with Crippen LogP contribution in [0.25, 0.3) is 0 Å². The van der Waals surface area contributed by atoms with Crippen molar-refractivity contribution in [2.75, 3.05) is 6.54 Å². The lowest BCUT2D eigenvalue weighted by Gasteiger charge is -2.24. The quantitative estimate of drug-likeness (QED) is 0.638. The van der Waals surface area contributed by atoms with Crippen LogP contribution < -0.4 is 5.32 Å². The van der Waals surface area contributed by atoms with Crippen molar-refractivity contribution in [3.8, 4) is 6.07 Å². The topological polar surface area (TPSA) is 52.9 Å². The molecule has 0 unspecified atom stereocenters. The summed E-state index contributed by atoms with van der Waals surface area (Å²) in [7, 11) is 0. The molecule has 1 N–H and O–H groups in total. The van der Waals surface area contributed by atoms with Crippen LogP contribution in [0.5, 0.6) is 0 Å². The highest BCUT2D eigenvalue weighted by atomic mass is 16.2. The van der Waals surface area contributed by atoms with E-state index < -0.39 is 5.41 Å². The van der Waals surface area contributed by atoms with Crippen LogP contribution in [0, 0.1) is 22.7 Å². The number of hydrogen-bond acceptors (Lipinski definition) is 2. The van der Waals surface area contributed by atoms with Gasteiger partial charge in [-0.3, -0.25) is 4.79 Å². The highest BCUT2D eigenvalue weighted by molar-refractivity contribution is 5.85. The number of carbonyl (C=O) groups is 1. The lowest BCUT2D eigenvalue weighted by molar-refractivity contribution is -0.128. The molecular weight excluding hydrogens is 224 g/mol. The summed E-state index contributed by atoms with van der Waals surface area (Å²) in [4.78, 5) is 12.2. The minimum absolute atomic E-state index is 0.0514. The molecule has 0 radical (unpaired) electrons. The molecule has 1 saturated carbocycles. The highest BCUT2D eigenvalue weighted by Crippen LogP contribution is 2.33. The lowest BCUT2D eigenvalue weighted by Crippen LogP contribution is -2.40. The first kappa shape index (κ1) is 15.0. The Morgan fingerprint density at radius 3 is 2.39 bits per heavy atom. The molecule has 18 heavy (non-hydrogen) atoms. The standard InChI is InChI=1S/C15H26N2O/c1-3-9-15(12-16,10-4-2)14(18)17-11-5-6-13-7-8-13/h13H,3-11H2,1-2H3,(H,17,18). The zero-order valence-electron chi connectivity index (χ0n) is 11.8. The monoisotopic (exact) mass is 250 g/mol. The van der Waals surface area contributed by atoms with Gasteiger partial charge in [0, 0.05) is 6.54 Å². The molecule has 0 aromatic rings. The second-order valence-electron chi connectivity index (χ2n) is 5.54. The van der Waals surface area contributed by atoms with Gasteiger partial charge in [0.1, 0.15) is 5.41 Å². The van der Waals surface area contributed by atoms with Crippen LogP contribution in [0.15, 0.2) is 0 Å². The summed E-state index contributed by atoms with van der Waals surface area (Å²) in [6.45, 7) is 4.79. The van der Waals surface area contributed by atoms with Crippen molar-refractivity contribution in [1.82, 2.24) is 5.32 Å². The molecule has 0 spiro atoms. The summed E-state index contributed by atoms with van der Waals surface area (Å²) < 4.78 is 0.